The van der Waals surface area contributed by atoms with Gasteiger partial charge < -0.3 is 19.5 Å². The molecule has 12 heteroatoms. The van der Waals surface area contributed by atoms with Crippen molar-refractivity contribution in [3.63, 3.8) is 0 Å². The zero-order chi connectivity index (χ0) is 27.8. The lowest BCUT2D eigenvalue weighted by Gasteiger charge is -2.32. The number of anilines is 1. The van der Waals surface area contributed by atoms with Crippen LogP contribution in [0.2, 0.25) is 0 Å². The maximum absolute atomic E-state index is 15.3. The van der Waals surface area contributed by atoms with E-state index in [1.54, 1.807) is 6.07 Å². The normalized spacial score (nSPS) is 18.4. The van der Waals surface area contributed by atoms with Crippen LogP contribution in [0.15, 0.2) is 43.1 Å². The van der Waals surface area contributed by atoms with Gasteiger partial charge in [-0.1, -0.05) is 6.07 Å². The van der Waals surface area contributed by atoms with Gasteiger partial charge in [-0.2, -0.15) is 0 Å². The Morgan fingerprint density at radius 1 is 0.975 bits per heavy atom. The first-order valence-electron chi connectivity index (χ1n) is 13.4. The van der Waals surface area contributed by atoms with E-state index < -0.39 is 23.6 Å². The molecule has 40 heavy (non-hydrogen) atoms. The third-order valence-electron chi connectivity index (χ3n) is 7.73. The van der Waals surface area contributed by atoms with E-state index in [1.165, 1.54) is 29.6 Å². The van der Waals surface area contributed by atoms with Crippen LogP contribution in [0, 0.1) is 17.5 Å². The van der Waals surface area contributed by atoms with Gasteiger partial charge in [0, 0.05) is 50.4 Å². The van der Waals surface area contributed by atoms with E-state index in [0.717, 1.165) is 12.4 Å². The van der Waals surface area contributed by atoms with Crippen molar-refractivity contribution in [1.82, 2.24) is 29.4 Å². The molecule has 2 fully saturated rings. The predicted octanol–water partition coefficient (Wildman–Crippen LogP) is 3.67. The van der Waals surface area contributed by atoms with Crippen LogP contribution in [-0.2, 0) is 6.42 Å². The third-order valence-corrected chi connectivity index (χ3v) is 7.73. The van der Waals surface area contributed by atoms with E-state index in [2.05, 4.69) is 19.9 Å². The number of hydrogen-bond donors (Lipinski definition) is 1. The zero-order valence-corrected chi connectivity index (χ0v) is 21.7. The summed E-state index contributed by atoms with van der Waals surface area (Å²) in [5.41, 5.74) is 1.29. The Hall–Kier alpha value is -4.06. The number of halogens is 3. The number of nitrogens with zero attached hydrogens (tertiary/aromatic N) is 7. The van der Waals surface area contributed by atoms with Crippen molar-refractivity contribution in [2.45, 2.75) is 44.2 Å². The van der Waals surface area contributed by atoms with Gasteiger partial charge in [-0.25, -0.2) is 33.1 Å². The van der Waals surface area contributed by atoms with Gasteiger partial charge >= 0.3 is 0 Å². The number of likely N-dealkylation sites (tertiary alicyclic amines) is 1. The monoisotopic (exact) mass is 551 g/mol. The largest absolute Gasteiger partial charge is 0.391 e. The quantitative estimate of drug-likeness (QED) is 0.404. The molecule has 0 unspecified atom stereocenters. The van der Waals surface area contributed by atoms with Crippen molar-refractivity contribution in [2.75, 3.05) is 31.1 Å². The summed E-state index contributed by atoms with van der Waals surface area (Å²) >= 11 is 0. The molecular weight excluding hydrogens is 523 g/mol. The molecule has 0 bridgehead atoms. The van der Waals surface area contributed by atoms with Crippen molar-refractivity contribution >= 4 is 22.9 Å². The first kappa shape index (κ1) is 26.2. The highest BCUT2D eigenvalue weighted by molar-refractivity contribution is 5.94. The second kappa shape index (κ2) is 10.8. The number of amides is 1. The molecule has 1 N–H and O–H groups in total. The topological polar surface area (TPSA) is 100 Å². The Morgan fingerprint density at radius 3 is 2.48 bits per heavy atom. The van der Waals surface area contributed by atoms with Gasteiger partial charge in [0.25, 0.3) is 5.91 Å². The van der Waals surface area contributed by atoms with Crippen molar-refractivity contribution in [3.8, 4) is 0 Å². The van der Waals surface area contributed by atoms with Crippen LogP contribution in [0.3, 0.4) is 0 Å². The van der Waals surface area contributed by atoms with Crippen molar-refractivity contribution in [2.24, 2.45) is 0 Å². The summed E-state index contributed by atoms with van der Waals surface area (Å²) in [6.07, 6.45) is 7.21. The molecule has 2 aliphatic rings. The third kappa shape index (κ3) is 5.10. The molecule has 4 aromatic rings. The summed E-state index contributed by atoms with van der Waals surface area (Å²) in [7, 11) is 0. The summed E-state index contributed by atoms with van der Waals surface area (Å²) in [4.78, 5) is 33.0. The van der Waals surface area contributed by atoms with Crippen molar-refractivity contribution in [1.29, 1.82) is 0 Å². The highest BCUT2D eigenvalue weighted by Gasteiger charge is 2.27. The first-order valence-corrected chi connectivity index (χ1v) is 13.4. The molecule has 0 aliphatic carbocycles. The number of carbonyl (C=O) groups is 1. The van der Waals surface area contributed by atoms with Gasteiger partial charge in [-0.15, -0.1) is 0 Å². The number of piperidine rings is 2. The molecule has 0 radical (unpaired) electrons. The van der Waals surface area contributed by atoms with Gasteiger partial charge in [0.1, 0.15) is 17.8 Å². The standard InChI is InChI=1S/C28H28F3N7O2/c29-19-12-32-28(33-13-19)36-8-5-20(6-9-36)38-15-23(31)25-24(34-16-35-26(25)38)11-17-3-4-18(10-22(17)30)27(40)37-7-1-2-21(39)14-37/h3-4,10,12-13,15-16,20-21,39H,1-2,5-9,11,14H2/t21-/m1/s1. The molecule has 2 aliphatic heterocycles. The highest BCUT2D eigenvalue weighted by atomic mass is 19.1. The van der Waals surface area contributed by atoms with E-state index in [1.807, 2.05) is 9.47 Å². The molecule has 2 saturated heterocycles. The minimum absolute atomic E-state index is 0.0261. The number of rotatable bonds is 5. The van der Waals surface area contributed by atoms with E-state index in [9.17, 15) is 14.3 Å². The minimum Gasteiger partial charge on any atom is -0.391 e. The maximum Gasteiger partial charge on any atom is 0.254 e. The fraction of sp³-hybridized carbons (Fsp3) is 0.393. The van der Waals surface area contributed by atoms with Crippen LogP contribution in [0.1, 0.15) is 53.3 Å². The summed E-state index contributed by atoms with van der Waals surface area (Å²) < 4.78 is 45.4. The fourth-order valence-corrected chi connectivity index (χ4v) is 5.65. The second-order valence-electron chi connectivity index (χ2n) is 10.4. The summed E-state index contributed by atoms with van der Waals surface area (Å²) in [5, 5.41) is 10.1. The molecule has 1 atom stereocenters. The Labute approximate surface area is 228 Å². The number of β-amino-alcohol motifs (C(OH)–C–C–N with tert-alkyl or cyclic N) is 1. The SMILES string of the molecule is O=C(c1ccc(Cc2ncnc3c2c(F)cn3C2CCN(c3ncc(F)cn3)CC2)c(F)c1)N1CCC[C@@H](O)C1. The molecule has 1 aromatic carbocycles. The van der Waals surface area contributed by atoms with E-state index in [4.69, 9.17) is 0 Å². The maximum atomic E-state index is 15.3. The van der Waals surface area contributed by atoms with Gasteiger partial charge in [0.05, 0.1) is 29.6 Å². The van der Waals surface area contributed by atoms with Gasteiger partial charge in [0.2, 0.25) is 5.95 Å². The molecule has 1 amide bonds. The van der Waals surface area contributed by atoms with Gasteiger partial charge in [-0.05, 0) is 43.4 Å². The van der Waals surface area contributed by atoms with Crippen LogP contribution < -0.4 is 4.90 Å². The van der Waals surface area contributed by atoms with E-state index in [-0.39, 0.29) is 41.4 Å². The molecule has 5 heterocycles. The Morgan fingerprint density at radius 2 is 1.75 bits per heavy atom. The fourth-order valence-electron chi connectivity index (χ4n) is 5.65. The average molecular weight is 552 g/mol. The first-order chi connectivity index (χ1) is 19.4. The number of benzene rings is 1. The number of aromatic nitrogens is 5. The summed E-state index contributed by atoms with van der Waals surface area (Å²) in [5.74, 6) is -1.42. The Kier molecular flexibility index (Phi) is 7.09. The Bertz CT molecular complexity index is 1540. The molecule has 208 valence electrons. The van der Waals surface area contributed by atoms with E-state index >= 15 is 8.78 Å². The molecule has 0 saturated carbocycles. The number of aliphatic hydroxyl groups excluding tert-OH is 1. The average Bonchev–Trinajstić information content (AvgIpc) is 3.31. The van der Waals surface area contributed by atoms with Crippen LogP contribution in [0.5, 0.6) is 0 Å². The summed E-state index contributed by atoms with van der Waals surface area (Å²) in [6.45, 7) is 1.98. The number of aliphatic hydroxyl groups is 1. The number of hydrogen-bond acceptors (Lipinski definition) is 7. The number of fused-ring (bicyclic) bond motifs is 1. The molecule has 0 spiro atoms. The lowest BCUT2D eigenvalue weighted by atomic mass is 10.0. The van der Waals surface area contributed by atoms with Gasteiger partial charge in [-0.3, -0.25) is 4.79 Å². The zero-order valence-electron chi connectivity index (χ0n) is 21.7. The second-order valence-corrected chi connectivity index (χ2v) is 10.4. The molecule has 6 rings (SSSR count). The van der Waals surface area contributed by atoms with Crippen LogP contribution in [0.4, 0.5) is 19.1 Å². The molecule has 9 nitrogen and oxygen atoms in total. The summed E-state index contributed by atoms with van der Waals surface area (Å²) in [6, 6.07) is 4.25. The number of carbonyl (C=O) groups excluding carboxylic acids is 1. The van der Waals surface area contributed by atoms with Crippen LogP contribution in [0.25, 0.3) is 11.0 Å². The molecule has 3 aromatic heterocycles. The van der Waals surface area contributed by atoms with E-state index in [0.29, 0.717) is 62.6 Å². The van der Waals surface area contributed by atoms with Gasteiger partial charge in [0.15, 0.2) is 11.6 Å². The molecular formula is C28H28F3N7O2. The van der Waals surface area contributed by atoms with Crippen LogP contribution >= 0.6 is 0 Å². The highest BCUT2D eigenvalue weighted by Crippen LogP contribution is 2.31. The smallest absolute Gasteiger partial charge is 0.254 e. The minimum atomic E-state index is -0.578. The predicted molar refractivity (Wildman–Crippen MR) is 140 cm³/mol. The van der Waals surface area contributed by atoms with Crippen molar-refractivity contribution < 1.29 is 23.1 Å². The van der Waals surface area contributed by atoms with Crippen LogP contribution in [-0.4, -0.2) is 72.7 Å². The lowest BCUT2D eigenvalue weighted by Crippen LogP contribution is -2.42. The lowest BCUT2D eigenvalue weighted by molar-refractivity contribution is 0.0473. The van der Waals surface area contributed by atoms with Crippen molar-refractivity contribution in [3.05, 3.63) is 77.4 Å². The Balaban J connectivity index is 1.20.